The predicted octanol–water partition coefficient (Wildman–Crippen LogP) is 4.19. The van der Waals surface area contributed by atoms with Gasteiger partial charge in [0.05, 0.1) is 22.7 Å². The van der Waals surface area contributed by atoms with Crippen molar-refractivity contribution in [3.63, 3.8) is 0 Å². The number of ether oxygens (including phenoxy) is 3. The lowest BCUT2D eigenvalue weighted by Crippen LogP contribution is -2.52. The van der Waals surface area contributed by atoms with Crippen molar-refractivity contribution in [2.24, 2.45) is 0 Å². The number of rotatable bonds is 6. The Hall–Kier alpha value is 0.120. The third kappa shape index (κ3) is 3.85. The highest BCUT2D eigenvalue weighted by atomic mass is 79.9. The number of methoxy groups -OCH3 is 1. The van der Waals surface area contributed by atoms with Gasteiger partial charge in [-0.2, -0.15) is 0 Å². The largest absolute Gasteiger partial charge is 0.486 e. The molecule has 1 saturated carbocycles. The highest BCUT2D eigenvalue weighted by Gasteiger charge is 2.42. The van der Waals surface area contributed by atoms with Crippen LogP contribution >= 0.6 is 43.5 Å². The van der Waals surface area contributed by atoms with E-state index in [2.05, 4.69) is 31.9 Å². The third-order valence-corrected chi connectivity index (χ3v) is 4.84. The summed E-state index contributed by atoms with van der Waals surface area (Å²) in [6, 6.07) is 2.76. The van der Waals surface area contributed by atoms with Crippen molar-refractivity contribution in [2.75, 3.05) is 20.3 Å². The van der Waals surface area contributed by atoms with Crippen LogP contribution in [0.4, 0.5) is 4.39 Å². The number of halogens is 4. The molecule has 1 aromatic carbocycles. The first-order chi connectivity index (χ1) is 9.52. The van der Waals surface area contributed by atoms with E-state index in [4.69, 9.17) is 25.8 Å². The summed E-state index contributed by atoms with van der Waals surface area (Å²) >= 11 is 12.5. The molecule has 3 nitrogen and oxygen atoms in total. The van der Waals surface area contributed by atoms with Crippen molar-refractivity contribution < 1.29 is 18.6 Å². The predicted molar refractivity (Wildman–Crippen MR) is 82.5 cm³/mol. The van der Waals surface area contributed by atoms with E-state index in [1.54, 1.807) is 7.11 Å². The molecule has 112 valence electrons. The topological polar surface area (TPSA) is 27.7 Å². The lowest BCUT2D eigenvalue weighted by Gasteiger charge is -2.41. The van der Waals surface area contributed by atoms with Gasteiger partial charge >= 0.3 is 0 Å². The van der Waals surface area contributed by atoms with Crippen LogP contribution in [0.3, 0.4) is 0 Å². The van der Waals surface area contributed by atoms with Crippen LogP contribution in [0.2, 0.25) is 5.02 Å². The van der Waals surface area contributed by atoms with E-state index >= 15 is 0 Å². The van der Waals surface area contributed by atoms with Crippen LogP contribution in [0.15, 0.2) is 16.6 Å². The van der Waals surface area contributed by atoms with Crippen LogP contribution in [-0.4, -0.2) is 37.4 Å². The van der Waals surface area contributed by atoms with Gasteiger partial charge in [0.25, 0.3) is 0 Å². The van der Waals surface area contributed by atoms with E-state index in [0.717, 1.165) is 6.42 Å². The molecule has 0 bridgehead atoms. The van der Waals surface area contributed by atoms with Crippen molar-refractivity contribution in [2.45, 2.75) is 23.5 Å². The summed E-state index contributed by atoms with van der Waals surface area (Å²) in [5, 5.41) is 0.0593. The maximum atomic E-state index is 13.5. The first kappa shape index (κ1) is 16.5. The van der Waals surface area contributed by atoms with Crippen LogP contribution in [-0.2, 0) is 9.47 Å². The molecule has 0 heterocycles. The normalized spacial score (nSPS) is 25.4. The van der Waals surface area contributed by atoms with Gasteiger partial charge in [-0.05, 0) is 22.0 Å². The summed E-state index contributed by atoms with van der Waals surface area (Å²) < 4.78 is 30.5. The first-order valence-corrected chi connectivity index (χ1v) is 8.17. The molecule has 2 rings (SSSR count). The van der Waals surface area contributed by atoms with Crippen molar-refractivity contribution >= 4 is 43.5 Å². The van der Waals surface area contributed by atoms with E-state index in [-0.39, 0.29) is 22.1 Å². The number of alkyl halides is 1. The second-order valence-electron chi connectivity index (χ2n) is 4.43. The molecule has 1 aliphatic rings. The lowest BCUT2D eigenvalue weighted by molar-refractivity contribution is -0.0868. The fraction of sp³-hybridized carbons (Fsp3) is 0.538. The molecule has 0 aliphatic heterocycles. The second kappa shape index (κ2) is 7.40. The van der Waals surface area contributed by atoms with Crippen molar-refractivity contribution in [3.8, 4) is 5.75 Å². The summed E-state index contributed by atoms with van der Waals surface area (Å²) in [7, 11) is 1.62. The van der Waals surface area contributed by atoms with Crippen LogP contribution in [0, 0.1) is 5.82 Å². The standard InChI is InChI=1S/C13H14Br2ClFO3/c1-18-2-3-19-13-8(15)5-12(13)20-11-6-10(17)9(16)4-7(11)14/h4,6,8,12-13H,2-3,5H2,1H3. The van der Waals surface area contributed by atoms with Crippen LogP contribution in [0.1, 0.15) is 6.42 Å². The zero-order valence-electron chi connectivity index (χ0n) is 10.7. The summed E-state index contributed by atoms with van der Waals surface area (Å²) in [6.07, 6.45) is 0.609. The SMILES string of the molecule is COCCOC1C(Br)CC1Oc1cc(F)c(Cl)cc1Br. The zero-order chi connectivity index (χ0) is 14.7. The van der Waals surface area contributed by atoms with Gasteiger partial charge in [0, 0.05) is 24.4 Å². The molecule has 1 fully saturated rings. The molecular weight excluding hydrogens is 418 g/mol. The Balaban J connectivity index is 1.97. The Kier molecular flexibility index (Phi) is 6.10. The van der Waals surface area contributed by atoms with Crippen molar-refractivity contribution in [1.82, 2.24) is 0 Å². The van der Waals surface area contributed by atoms with Crippen LogP contribution in [0.5, 0.6) is 5.75 Å². The molecule has 7 heteroatoms. The maximum absolute atomic E-state index is 13.5. The van der Waals surface area contributed by atoms with Gasteiger partial charge in [-0.25, -0.2) is 4.39 Å². The van der Waals surface area contributed by atoms with E-state index in [9.17, 15) is 4.39 Å². The Morgan fingerprint density at radius 2 is 2.15 bits per heavy atom. The molecule has 0 radical (unpaired) electrons. The minimum atomic E-state index is -0.503. The number of hydrogen-bond donors (Lipinski definition) is 0. The van der Waals surface area contributed by atoms with E-state index in [1.807, 2.05) is 0 Å². The van der Waals surface area contributed by atoms with Gasteiger partial charge in [0.15, 0.2) is 0 Å². The fourth-order valence-electron chi connectivity index (χ4n) is 1.88. The Morgan fingerprint density at radius 1 is 1.40 bits per heavy atom. The van der Waals surface area contributed by atoms with Crippen molar-refractivity contribution in [1.29, 1.82) is 0 Å². The summed E-state index contributed by atoms with van der Waals surface area (Å²) in [5.74, 6) is -0.0759. The van der Waals surface area contributed by atoms with Gasteiger partial charge in [0.2, 0.25) is 0 Å². The molecule has 0 amide bonds. The maximum Gasteiger partial charge on any atom is 0.145 e. The fourth-order valence-corrected chi connectivity index (χ4v) is 3.47. The van der Waals surface area contributed by atoms with Gasteiger partial charge in [-0.3, -0.25) is 0 Å². The van der Waals surface area contributed by atoms with Crippen molar-refractivity contribution in [3.05, 3.63) is 27.4 Å². The molecule has 0 N–H and O–H groups in total. The average Bonchev–Trinajstić information content (AvgIpc) is 2.40. The number of hydrogen-bond acceptors (Lipinski definition) is 3. The second-order valence-corrected chi connectivity index (χ2v) is 6.87. The minimum Gasteiger partial charge on any atom is -0.486 e. The highest BCUT2D eigenvalue weighted by Crippen LogP contribution is 2.37. The van der Waals surface area contributed by atoms with E-state index in [1.165, 1.54) is 12.1 Å². The van der Waals surface area contributed by atoms with Gasteiger partial charge in [0.1, 0.15) is 23.8 Å². The molecule has 3 atom stereocenters. The van der Waals surface area contributed by atoms with Gasteiger partial charge < -0.3 is 14.2 Å². The molecule has 0 spiro atoms. The zero-order valence-corrected chi connectivity index (χ0v) is 14.7. The summed E-state index contributed by atoms with van der Waals surface area (Å²) in [6.45, 7) is 1.03. The van der Waals surface area contributed by atoms with Crippen LogP contribution in [0.25, 0.3) is 0 Å². The third-order valence-electron chi connectivity index (χ3n) is 3.03. The number of benzene rings is 1. The Labute approximate surface area is 139 Å². The molecule has 1 aliphatic carbocycles. The molecule has 0 aromatic heterocycles. The molecule has 3 unspecified atom stereocenters. The highest BCUT2D eigenvalue weighted by molar-refractivity contribution is 9.10. The molecular formula is C13H14Br2ClFO3. The minimum absolute atomic E-state index is 0.0593. The molecule has 20 heavy (non-hydrogen) atoms. The summed E-state index contributed by atoms with van der Waals surface area (Å²) in [5.41, 5.74) is 0. The average molecular weight is 433 g/mol. The Bertz CT molecular complexity index is 475. The van der Waals surface area contributed by atoms with Gasteiger partial charge in [-0.1, -0.05) is 27.5 Å². The van der Waals surface area contributed by atoms with E-state index < -0.39 is 5.82 Å². The quantitative estimate of drug-likeness (QED) is 0.383. The summed E-state index contributed by atoms with van der Waals surface area (Å²) in [4.78, 5) is 0.236. The first-order valence-electron chi connectivity index (χ1n) is 6.08. The Morgan fingerprint density at radius 3 is 2.80 bits per heavy atom. The smallest absolute Gasteiger partial charge is 0.145 e. The lowest BCUT2D eigenvalue weighted by atomic mass is 9.91. The van der Waals surface area contributed by atoms with Crippen LogP contribution < -0.4 is 4.74 Å². The van der Waals surface area contributed by atoms with E-state index in [0.29, 0.717) is 23.4 Å². The molecule has 1 aromatic rings. The van der Waals surface area contributed by atoms with Gasteiger partial charge in [-0.15, -0.1) is 0 Å². The monoisotopic (exact) mass is 430 g/mol. The molecule has 0 saturated heterocycles.